The number of halogens is 1. The first-order valence-electron chi connectivity index (χ1n) is 9.81. The van der Waals surface area contributed by atoms with E-state index in [4.69, 9.17) is 21.1 Å². The maximum absolute atomic E-state index is 12.3. The Morgan fingerprint density at radius 1 is 1.06 bits per heavy atom. The number of thioether (sulfide) groups is 1. The Bertz CT molecular complexity index is 1010. The Kier molecular flexibility index (Phi) is 7.81. The molecule has 1 N–H and O–H groups in total. The highest BCUT2D eigenvalue weighted by Crippen LogP contribution is 2.28. The van der Waals surface area contributed by atoms with Gasteiger partial charge in [0, 0.05) is 16.8 Å². The van der Waals surface area contributed by atoms with Gasteiger partial charge in [-0.3, -0.25) is 4.79 Å². The summed E-state index contributed by atoms with van der Waals surface area (Å²) in [5.74, 6) is 2.26. The fraction of sp³-hybridized carbons (Fsp3) is 0.318. The molecule has 0 fully saturated rings. The molecule has 2 aromatic carbocycles. The van der Waals surface area contributed by atoms with E-state index in [1.165, 1.54) is 11.8 Å². The van der Waals surface area contributed by atoms with Crippen molar-refractivity contribution in [2.75, 3.05) is 18.2 Å². The van der Waals surface area contributed by atoms with E-state index in [-0.39, 0.29) is 23.8 Å². The molecule has 31 heavy (non-hydrogen) atoms. The minimum atomic E-state index is -0.319. The van der Waals surface area contributed by atoms with Crippen LogP contribution in [0.3, 0.4) is 0 Å². The molecule has 0 aliphatic rings. The minimum absolute atomic E-state index is 0.105. The number of aromatic nitrogens is 3. The summed E-state index contributed by atoms with van der Waals surface area (Å²) in [5.41, 5.74) is 0.697. The van der Waals surface area contributed by atoms with Crippen LogP contribution in [0.4, 0.5) is 5.69 Å². The number of anilines is 1. The lowest BCUT2D eigenvalue weighted by molar-refractivity contribution is -0.113. The van der Waals surface area contributed by atoms with Crippen molar-refractivity contribution in [1.29, 1.82) is 0 Å². The normalized spacial score (nSPS) is 11.9. The van der Waals surface area contributed by atoms with Gasteiger partial charge in [-0.1, -0.05) is 23.4 Å². The van der Waals surface area contributed by atoms with Crippen LogP contribution in [0, 0.1) is 0 Å². The Labute approximate surface area is 191 Å². The van der Waals surface area contributed by atoms with Gasteiger partial charge in [0.1, 0.15) is 11.5 Å². The van der Waals surface area contributed by atoms with Crippen LogP contribution in [-0.4, -0.2) is 33.5 Å². The monoisotopic (exact) mass is 460 g/mol. The molecule has 9 heteroatoms. The lowest BCUT2D eigenvalue weighted by Gasteiger charge is -2.19. The number of carbonyl (C=O) groups excluding carboxylic acids is 1. The van der Waals surface area contributed by atoms with Crippen molar-refractivity contribution in [1.82, 2.24) is 14.8 Å². The number of rotatable bonds is 9. The molecule has 7 nitrogen and oxygen atoms in total. The predicted octanol–water partition coefficient (Wildman–Crippen LogP) is 5.39. The first-order valence-corrected chi connectivity index (χ1v) is 11.2. The Balaban J connectivity index is 1.66. The highest BCUT2D eigenvalue weighted by molar-refractivity contribution is 7.99. The second-order valence-electron chi connectivity index (χ2n) is 7.08. The molecule has 1 amide bonds. The van der Waals surface area contributed by atoms with Gasteiger partial charge in [0.15, 0.2) is 17.1 Å². The van der Waals surface area contributed by atoms with E-state index in [1.807, 2.05) is 49.6 Å². The number of hydrogen-bond acceptors (Lipinski definition) is 6. The van der Waals surface area contributed by atoms with Crippen molar-refractivity contribution in [3.05, 3.63) is 59.4 Å². The second-order valence-corrected chi connectivity index (χ2v) is 8.46. The highest BCUT2D eigenvalue weighted by Gasteiger charge is 2.22. The van der Waals surface area contributed by atoms with Gasteiger partial charge in [-0.05, 0) is 69.3 Å². The van der Waals surface area contributed by atoms with Crippen molar-refractivity contribution >= 4 is 35.0 Å². The van der Waals surface area contributed by atoms with Crippen molar-refractivity contribution in [2.45, 2.75) is 38.1 Å². The second kappa shape index (κ2) is 10.5. The number of amides is 1. The molecule has 0 bridgehead atoms. The van der Waals surface area contributed by atoms with Crippen LogP contribution >= 0.6 is 23.4 Å². The van der Waals surface area contributed by atoms with Gasteiger partial charge in [0.2, 0.25) is 5.91 Å². The molecular weight excluding hydrogens is 436 g/mol. The van der Waals surface area contributed by atoms with E-state index in [1.54, 1.807) is 31.4 Å². The molecule has 1 aromatic heterocycles. The summed E-state index contributed by atoms with van der Waals surface area (Å²) in [6.07, 6.45) is -0.319. The summed E-state index contributed by atoms with van der Waals surface area (Å²) < 4.78 is 13.2. The highest BCUT2D eigenvalue weighted by atomic mass is 35.5. The van der Waals surface area contributed by atoms with Crippen molar-refractivity contribution < 1.29 is 14.3 Å². The lowest BCUT2D eigenvalue weighted by Crippen LogP contribution is -2.16. The maximum atomic E-state index is 12.3. The molecule has 0 saturated heterocycles. The van der Waals surface area contributed by atoms with E-state index < -0.39 is 0 Å². The zero-order chi connectivity index (χ0) is 22.4. The van der Waals surface area contributed by atoms with Crippen molar-refractivity contribution in [3.63, 3.8) is 0 Å². The molecule has 1 atom stereocenters. The SMILES string of the molecule is COc1ccc(OC(C)c2nnc(SCC(=O)Nc3ccc(Cl)cc3)n2C(C)C)cc1. The Morgan fingerprint density at radius 3 is 2.32 bits per heavy atom. The van der Waals surface area contributed by atoms with Gasteiger partial charge < -0.3 is 19.4 Å². The Morgan fingerprint density at radius 2 is 1.71 bits per heavy atom. The molecule has 1 heterocycles. The molecule has 0 aliphatic carbocycles. The number of carbonyl (C=O) groups is 1. The number of nitrogens with one attached hydrogen (secondary N) is 1. The number of benzene rings is 2. The van der Waals surface area contributed by atoms with Crippen LogP contribution in [0.15, 0.2) is 53.7 Å². The van der Waals surface area contributed by atoms with E-state index in [2.05, 4.69) is 15.5 Å². The average molecular weight is 461 g/mol. The van der Waals surface area contributed by atoms with E-state index in [0.717, 1.165) is 5.75 Å². The van der Waals surface area contributed by atoms with Gasteiger partial charge in [0.25, 0.3) is 0 Å². The third kappa shape index (κ3) is 6.15. The topological polar surface area (TPSA) is 78.3 Å². The average Bonchev–Trinajstić information content (AvgIpc) is 3.19. The molecule has 164 valence electrons. The Hall–Kier alpha value is -2.71. The van der Waals surface area contributed by atoms with Gasteiger partial charge in [0.05, 0.1) is 12.9 Å². The fourth-order valence-corrected chi connectivity index (χ4v) is 3.92. The summed E-state index contributed by atoms with van der Waals surface area (Å²) in [6.45, 7) is 6.02. The first-order chi connectivity index (χ1) is 14.9. The number of hydrogen-bond donors (Lipinski definition) is 1. The fourth-order valence-electron chi connectivity index (χ4n) is 2.92. The third-order valence-corrected chi connectivity index (χ3v) is 5.60. The molecule has 0 spiro atoms. The molecule has 3 aromatic rings. The van der Waals surface area contributed by atoms with Crippen LogP contribution in [0.2, 0.25) is 5.02 Å². The quantitative estimate of drug-likeness (QED) is 0.431. The van der Waals surface area contributed by atoms with E-state index in [9.17, 15) is 4.79 Å². The summed E-state index contributed by atoms with van der Waals surface area (Å²) in [7, 11) is 1.62. The van der Waals surface area contributed by atoms with Gasteiger partial charge >= 0.3 is 0 Å². The standard InChI is InChI=1S/C22H25ClN4O3S/c1-14(2)27-21(15(3)30-19-11-9-18(29-4)10-12-19)25-26-22(27)31-13-20(28)24-17-7-5-16(23)6-8-17/h5-12,14-15H,13H2,1-4H3,(H,24,28). The molecule has 1 unspecified atom stereocenters. The zero-order valence-electron chi connectivity index (χ0n) is 17.8. The minimum Gasteiger partial charge on any atom is -0.497 e. The molecule has 0 aliphatic heterocycles. The largest absolute Gasteiger partial charge is 0.497 e. The molecular formula is C22H25ClN4O3S. The number of nitrogens with zero attached hydrogens (tertiary/aromatic N) is 3. The van der Waals surface area contributed by atoms with E-state index in [0.29, 0.717) is 27.4 Å². The zero-order valence-corrected chi connectivity index (χ0v) is 19.4. The third-order valence-electron chi connectivity index (χ3n) is 4.40. The number of ether oxygens (including phenoxy) is 2. The summed E-state index contributed by atoms with van der Waals surface area (Å²) in [4.78, 5) is 12.3. The van der Waals surface area contributed by atoms with Crippen LogP contribution < -0.4 is 14.8 Å². The van der Waals surface area contributed by atoms with Crippen molar-refractivity contribution in [3.8, 4) is 11.5 Å². The van der Waals surface area contributed by atoms with Gasteiger partial charge in [-0.15, -0.1) is 10.2 Å². The summed E-state index contributed by atoms with van der Waals surface area (Å²) in [5, 5.41) is 12.8. The summed E-state index contributed by atoms with van der Waals surface area (Å²) in [6, 6.07) is 14.5. The van der Waals surface area contributed by atoms with Crippen LogP contribution in [0.1, 0.15) is 38.7 Å². The van der Waals surface area contributed by atoms with Crippen LogP contribution in [-0.2, 0) is 4.79 Å². The molecule has 0 saturated carbocycles. The lowest BCUT2D eigenvalue weighted by atomic mass is 10.3. The van der Waals surface area contributed by atoms with E-state index >= 15 is 0 Å². The summed E-state index contributed by atoms with van der Waals surface area (Å²) >= 11 is 7.21. The van der Waals surface area contributed by atoms with Gasteiger partial charge in [-0.25, -0.2) is 0 Å². The smallest absolute Gasteiger partial charge is 0.234 e. The maximum Gasteiger partial charge on any atom is 0.234 e. The van der Waals surface area contributed by atoms with Crippen molar-refractivity contribution in [2.24, 2.45) is 0 Å². The molecule has 0 radical (unpaired) electrons. The van der Waals surface area contributed by atoms with Gasteiger partial charge in [-0.2, -0.15) is 0 Å². The number of methoxy groups -OCH3 is 1. The predicted molar refractivity (Wildman–Crippen MR) is 123 cm³/mol. The molecule has 3 rings (SSSR count). The van der Waals surface area contributed by atoms with Crippen LogP contribution in [0.25, 0.3) is 0 Å². The first kappa shape index (κ1) is 23.0. The van der Waals surface area contributed by atoms with Crippen LogP contribution in [0.5, 0.6) is 11.5 Å².